The van der Waals surface area contributed by atoms with Crippen molar-refractivity contribution in [3.63, 3.8) is 0 Å². The van der Waals surface area contributed by atoms with Gasteiger partial charge in [-0.1, -0.05) is 26.0 Å². The molecule has 1 saturated heterocycles. The molecule has 0 bridgehead atoms. The van der Waals surface area contributed by atoms with Crippen LogP contribution in [0.25, 0.3) is 11.0 Å². The minimum Gasteiger partial charge on any atom is -0.338 e. The number of imidazole rings is 1. The molecular weight excluding hydrogens is 364 g/mol. The maximum absolute atomic E-state index is 12.8. The highest BCUT2D eigenvalue weighted by molar-refractivity contribution is 5.85. The monoisotopic (exact) mass is 394 g/mol. The molecule has 6 nitrogen and oxygen atoms in total. The minimum absolute atomic E-state index is 0. The van der Waals surface area contributed by atoms with E-state index >= 15 is 0 Å². The number of benzene rings is 1. The predicted octanol–water partition coefficient (Wildman–Crippen LogP) is 2.61. The van der Waals surface area contributed by atoms with E-state index in [0.29, 0.717) is 32.0 Å². The van der Waals surface area contributed by atoms with Gasteiger partial charge in [-0.15, -0.1) is 12.4 Å². The lowest BCUT2D eigenvalue weighted by molar-refractivity contribution is -0.135. The Morgan fingerprint density at radius 3 is 2.41 bits per heavy atom. The van der Waals surface area contributed by atoms with Crippen molar-refractivity contribution in [1.29, 1.82) is 0 Å². The first-order chi connectivity index (χ1) is 12.6. The summed E-state index contributed by atoms with van der Waals surface area (Å²) in [7, 11) is 0. The van der Waals surface area contributed by atoms with E-state index in [0.717, 1.165) is 36.8 Å². The highest BCUT2D eigenvalue weighted by atomic mass is 35.5. The average Bonchev–Trinajstić information content (AvgIpc) is 2.91. The molecule has 1 aliphatic rings. The first-order valence-electron chi connectivity index (χ1n) is 9.74. The fraction of sp³-hybridized carbons (Fsp3) is 0.600. The SMILES string of the molecule is CCCn1c(=O)n(CCC(=O)N2CCC(C)CC2CN)c2ccccc21.Cl. The molecule has 2 aromatic rings. The Morgan fingerprint density at radius 2 is 1.81 bits per heavy atom. The lowest BCUT2D eigenvalue weighted by atomic mass is 9.92. The van der Waals surface area contributed by atoms with Gasteiger partial charge in [0.25, 0.3) is 0 Å². The van der Waals surface area contributed by atoms with Crippen molar-refractivity contribution in [3.8, 4) is 0 Å². The van der Waals surface area contributed by atoms with Crippen LogP contribution >= 0.6 is 12.4 Å². The number of halogens is 1. The van der Waals surface area contributed by atoms with Crippen molar-refractivity contribution >= 4 is 29.3 Å². The van der Waals surface area contributed by atoms with E-state index < -0.39 is 0 Å². The third-order valence-electron chi connectivity index (χ3n) is 5.49. The predicted molar refractivity (Wildman–Crippen MR) is 111 cm³/mol. The molecule has 1 aliphatic heterocycles. The lowest BCUT2D eigenvalue weighted by Gasteiger charge is -2.38. The zero-order valence-corrected chi connectivity index (χ0v) is 17.1. The number of hydrogen-bond donors (Lipinski definition) is 1. The van der Waals surface area contributed by atoms with Gasteiger partial charge >= 0.3 is 5.69 Å². The van der Waals surface area contributed by atoms with E-state index in [1.54, 1.807) is 4.57 Å². The van der Waals surface area contributed by atoms with Crippen molar-refractivity contribution < 1.29 is 4.79 Å². The van der Waals surface area contributed by atoms with Crippen molar-refractivity contribution in [1.82, 2.24) is 14.0 Å². The molecule has 27 heavy (non-hydrogen) atoms. The zero-order chi connectivity index (χ0) is 18.7. The van der Waals surface area contributed by atoms with E-state index in [1.807, 2.05) is 33.7 Å². The lowest BCUT2D eigenvalue weighted by Crippen LogP contribution is -2.49. The van der Waals surface area contributed by atoms with Gasteiger partial charge in [0.05, 0.1) is 11.0 Å². The molecule has 2 atom stereocenters. The Bertz CT molecular complexity index is 829. The summed E-state index contributed by atoms with van der Waals surface area (Å²) < 4.78 is 3.55. The number of nitrogens with two attached hydrogens (primary N) is 1. The number of carbonyl (C=O) groups excluding carboxylic acids is 1. The van der Waals surface area contributed by atoms with Gasteiger partial charge in [0.2, 0.25) is 5.91 Å². The van der Waals surface area contributed by atoms with Gasteiger partial charge in [-0.05, 0) is 37.3 Å². The summed E-state index contributed by atoms with van der Waals surface area (Å²) in [4.78, 5) is 27.5. The molecule has 1 aromatic heterocycles. The molecule has 0 saturated carbocycles. The Balaban J connectivity index is 0.00000261. The Morgan fingerprint density at radius 1 is 1.19 bits per heavy atom. The van der Waals surface area contributed by atoms with Crippen LogP contribution in [0.4, 0.5) is 0 Å². The van der Waals surface area contributed by atoms with Crippen molar-refractivity contribution in [2.24, 2.45) is 11.7 Å². The number of nitrogens with zero attached hydrogens (tertiary/aromatic N) is 3. The molecule has 1 fully saturated rings. The number of likely N-dealkylation sites (tertiary alicyclic amines) is 1. The van der Waals surface area contributed by atoms with E-state index in [4.69, 9.17) is 5.73 Å². The topological polar surface area (TPSA) is 73.3 Å². The summed E-state index contributed by atoms with van der Waals surface area (Å²) in [6, 6.07) is 7.95. The first-order valence-corrected chi connectivity index (χ1v) is 9.74. The molecule has 150 valence electrons. The second-order valence-corrected chi connectivity index (χ2v) is 7.43. The van der Waals surface area contributed by atoms with Gasteiger partial charge in [0, 0.05) is 38.6 Å². The molecule has 1 amide bonds. The van der Waals surface area contributed by atoms with Gasteiger partial charge in [-0.2, -0.15) is 0 Å². The molecule has 7 heteroatoms. The van der Waals surface area contributed by atoms with E-state index in [2.05, 4.69) is 13.8 Å². The number of hydrogen-bond acceptors (Lipinski definition) is 3. The van der Waals surface area contributed by atoms with Crippen LogP contribution in [0.5, 0.6) is 0 Å². The Kier molecular flexibility index (Phi) is 7.50. The Hall–Kier alpha value is -1.79. The number of amides is 1. The Labute approximate surface area is 166 Å². The van der Waals surface area contributed by atoms with Crippen molar-refractivity contribution in [2.75, 3.05) is 13.1 Å². The summed E-state index contributed by atoms with van der Waals surface area (Å²) in [5, 5.41) is 0. The molecule has 3 rings (SSSR count). The third-order valence-corrected chi connectivity index (χ3v) is 5.49. The highest BCUT2D eigenvalue weighted by Crippen LogP contribution is 2.23. The number of carbonyl (C=O) groups is 1. The molecule has 2 heterocycles. The van der Waals surface area contributed by atoms with Crippen LogP contribution in [0.1, 0.15) is 39.5 Å². The van der Waals surface area contributed by atoms with Crippen LogP contribution in [0.3, 0.4) is 0 Å². The largest absolute Gasteiger partial charge is 0.338 e. The quantitative estimate of drug-likeness (QED) is 0.818. The fourth-order valence-corrected chi connectivity index (χ4v) is 4.08. The summed E-state index contributed by atoms with van der Waals surface area (Å²) in [6.45, 7) is 6.66. The second kappa shape index (κ2) is 9.42. The van der Waals surface area contributed by atoms with Crippen LogP contribution in [0, 0.1) is 5.92 Å². The van der Waals surface area contributed by atoms with Crippen molar-refractivity contribution in [3.05, 3.63) is 34.7 Å². The highest BCUT2D eigenvalue weighted by Gasteiger charge is 2.28. The van der Waals surface area contributed by atoms with E-state index in [9.17, 15) is 9.59 Å². The number of aromatic nitrogens is 2. The number of aryl methyl sites for hydroxylation is 2. The zero-order valence-electron chi connectivity index (χ0n) is 16.3. The standard InChI is InChI=1S/C20H30N4O2.ClH/c1-3-10-23-17-6-4-5-7-18(17)24(20(23)26)12-9-19(25)22-11-8-15(2)13-16(22)14-21;/h4-7,15-16H,3,8-14,21H2,1-2H3;1H. The minimum atomic E-state index is -0.0245. The molecular formula is C20H31ClN4O2. The van der Waals surface area contributed by atoms with Gasteiger partial charge in [0.1, 0.15) is 0 Å². The smallest absolute Gasteiger partial charge is 0.329 e. The van der Waals surface area contributed by atoms with E-state index in [1.165, 1.54) is 0 Å². The molecule has 1 aromatic carbocycles. The maximum Gasteiger partial charge on any atom is 0.329 e. The van der Waals surface area contributed by atoms with Gasteiger partial charge in [-0.3, -0.25) is 13.9 Å². The summed E-state index contributed by atoms with van der Waals surface area (Å²) >= 11 is 0. The number of fused-ring (bicyclic) bond motifs is 1. The average molecular weight is 395 g/mol. The molecule has 2 N–H and O–H groups in total. The molecule has 0 radical (unpaired) electrons. The number of para-hydroxylation sites is 2. The van der Waals surface area contributed by atoms with Gasteiger partial charge < -0.3 is 10.6 Å². The fourth-order valence-electron chi connectivity index (χ4n) is 4.08. The van der Waals surface area contributed by atoms with Crippen LogP contribution in [-0.2, 0) is 17.9 Å². The summed E-state index contributed by atoms with van der Waals surface area (Å²) in [6.07, 6.45) is 3.23. The summed E-state index contributed by atoms with van der Waals surface area (Å²) in [5.41, 5.74) is 7.71. The maximum atomic E-state index is 12.8. The van der Waals surface area contributed by atoms with Crippen LogP contribution in [-0.4, -0.2) is 39.1 Å². The van der Waals surface area contributed by atoms with Crippen LogP contribution in [0.2, 0.25) is 0 Å². The van der Waals surface area contributed by atoms with Gasteiger partial charge in [-0.25, -0.2) is 4.79 Å². The summed E-state index contributed by atoms with van der Waals surface area (Å²) in [5.74, 6) is 0.716. The normalized spacial score (nSPS) is 19.9. The second-order valence-electron chi connectivity index (χ2n) is 7.43. The number of rotatable bonds is 6. The third kappa shape index (κ3) is 4.38. The van der Waals surface area contributed by atoms with E-state index in [-0.39, 0.29) is 30.0 Å². The first kappa shape index (κ1) is 21.5. The number of piperidine rings is 1. The van der Waals surface area contributed by atoms with Crippen molar-refractivity contribution in [2.45, 2.75) is 58.7 Å². The van der Waals surface area contributed by atoms with Gasteiger partial charge in [0.15, 0.2) is 0 Å². The van der Waals surface area contributed by atoms with Crippen LogP contribution in [0.15, 0.2) is 29.1 Å². The molecule has 2 unspecified atom stereocenters. The molecule has 0 spiro atoms. The molecule has 0 aliphatic carbocycles. The van der Waals surface area contributed by atoms with Crippen LogP contribution < -0.4 is 11.4 Å².